The number of nitrogens with one attached hydrogen (secondary N) is 1. The molecule has 0 aliphatic heterocycles. The van der Waals surface area contributed by atoms with Crippen molar-refractivity contribution in [3.8, 4) is 11.5 Å². The molecular formula is C14H22N2O4S. The highest BCUT2D eigenvalue weighted by atomic mass is 32.2. The maximum atomic E-state index is 12.5. The summed E-state index contributed by atoms with van der Waals surface area (Å²) >= 11 is 0. The third-order valence-corrected chi connectivity index (χ3v) is 5.32. The van der Waals surface area contributed by atoms with Gasteiger partial charge in [-0.3, -0.25) is 0 Å². The summed E-state index contributed by atoms with van der Waals surface area (Å²) in [5, 5.41) is 0. The van der Waals surface area contributed by atoms with Crippen LogP contribution in [0.3, 0.4) is 0 Å². The number of hydrogen-bond acceptors (Lipinski definition) is 5. The maximum absolute atomic E-state index is 12.5. The minimum atomic E-state index is -3.60. The summed E-state index contributed by atoms with van der Waals surface area (Å²) in [6.07, 6.45) is 0.837. The van der Waals surface area contributed by atoms with Crippen LogP contribution in [0, 0.1) is 5.41 Å². The van der Waals surface area contributed by atoms with Gasteiger partial charge in [-0.25, -0.2) is 13.1 Å². The third kappa shape index (κ3) is 3.14. The van der Waals surface area contributed by atoms with E-state index in [0.29, 0.717) is 17.1 Å². The lowest BCUT2D eigenvalue weighted by molar-refractivity contribution is 0.350. The number of benzene rings is 1. The zero-order valence-corrected chi connectivity index (χ0v) is 13.6. The molecule has 0 radical (unpaired) electrons. The van der Waals surface area contributed by atoms with Crippen LogP contribution in [-0.4, -0.2) is 28.7 Å². The second-order valence-corrected chi connectivity index (χ2v) is 7.60. The summed E-state index contributed by atoms with van der Waals surface area (Å²) in [4.78, 5) is 0.142. The smallest absolute Gasteiger partial charge is 0.240 e. The van der Waals surface area contributed by atoms with E-state index in [-0.39, 0.29) is 22.9 Å². The maximum Gasteiger partial charge on any atom is 0.240 e. The number of methoxy groups -OCH3 is 2. The van der Waals surface area contributed by atoms with Gasteiger partial charge in [0.2, 0.25) is 10.0 Å². The quantitative estimate of drug-likeness (QED) is 0.824. The summed E-state index contributed by atoms with van der Waals surface area (Å²) in [5.41, 5.74) is 6.27. The van der Waals surface area contributed by atoms with Gasteiger partial charge in [0, 0.05) is 24.2 Å². The average molecular weight is 314 g/mol. The lowest BCUT2D eigenvalue weighted by atomic mass is 10.2. The largest absolute Gasteiger partial charge is 0.493 e. The molecule has 0 saturated heterocycles. The highest BCUT2D eigenvalue weighted by molar-refractivity contribution is 7.89. The number of ether oxygens (including phenoxy) is 2. The molecule has 6 nitrogen and oxygen atoms in total. The van der Waals surface area contributed by atoms with Crippen LogP contribution < -0.4 is 19.9 Å². The van der Waals surface area contributed by atoms with Crippen LogP contribution in [-0.2, 0) is 16.6 Å². The zero-order chi connectivity index (χ0) is 15.8. The Morgan fingerprint density at radius 1 is 1.33 bits per heavy atom. The van der Waals surface area contributed by atoms with E-state index in [0.717, 1.165) is 6.42 Å². The Balaban J connectivity index is 2.39. The lowest BCUT2D eigenvalue weighted by Gasteiger charge is -2.15. The fourth-order valence-corrected chi connectivity index (χ4v) is 3.72. The van der Waals surface area contributed by atoms with Crippen molar-refractivity contribution in [3.63, 3.8) is 0 Å². The molecule has 0 amide bonds. The van der Waals surface area contributed by atoms with Crippen LogP contribution in [0.5, 0.6) is 11.5 Å². The molecule has 1 aliphatic rings. The molecule has 1 aromatic carbocycles. The third-order valence-electron chi connectivity index (χ3n) is 3.87. The van der Waals surface area contributed by atoms with Crippen LogP contribution >= 0.6 is 0 Å². The molecular weight excluding hydrogens is 292 g/mol. The first-order valence-corrected chi connectivity index (χ1v) is 8.21. The molecule has 1 atom stereocenters. The molecule has 1 saturated carbocycles. The normalized spacial score (nSPS) is 20.1. The van der Waals surface area contributed by atoms with E-state index < -0.39 is 10.0 Å². The Hall–Kier alpha value is -1.31. The Labute approximate surface area is 125 Å². The molecule has 118 valence electrons. The van der Waals surface area contributed by atoms with Crippen LogP contribution in [0.2, 0.25) is 0 Å². The Morgan fingerprint density at radius 2 is 1.95 bits per heavy atom. The Kier molecular flexibility index (Phi) is 4.19. The van der Waals surface area contributed by atoms with E-state index in [4.69, 9.17) is 15.2 Å². The summed E-state index contributed by atoms with van der Waals surface area (Å²) < 4.78 is 38.1. The highest BCUT2D eigenvalue weighted by Crippen LogP contribution is 2.45. The molecule has 2 rings (SSSR count). The van der Waals surface area contributed by atoms with Gasteiger partial charge in [0.15, 0.2) is 11.5 Å². The van der Waals surface area contributed by atoms with Crippen molar-refractivity contribution >= 4 is 10.0 Å². The fraction of sp³-hybridized carbons (Fsp3) is 0.571. The Morgan fingerprint density at radius 3 is 2.38 bits per heavy atom. The summed E-state index contributed by atoms with van der Waals surface area (Å²) in [6.45, 7) is 4.22. The first-order chi connectivity index (χ1) is 9.75. The van der Waals surface area contributed by atoms with Crippen molar-refractivity contribution < 1.29 is 17.9 Å². The first-order valence-electron chi connectivity index (χ1n) is 6.72. The van der Waals surface area contributed by atoms with Gasteiger partial charge in [0.25, 0.3) is 0 Å². The molecule has 1 aliphatic carbocycles. The van der Waals surface area contributed by atoms with Crippen molar-refractivity contribution in [2.75, 3.05) is 14.2 Å². The van der Waals surface area contributed by atoms with Gasteiger partial charge in [0.05, 0.1) is 19.1 Å². The number of rotatable bonds is 6. The molecule has 0 heterocycles. The predicted molar refractivity (Wildman–Crippen MR) is 79.9 cm³/mol. The summed E-state index contributed by atoms with van der Waals surface area (Å²) in [6, 6.07) is 2.95. The molecule has 1 aromatic rings. The van der Waals surface area contributed by atoms with Crippen molar-refractivity contribution in [2.45, 2.75) is 37.8 Å². The lowest BCUT2D eigenvalue weighted by Crippen LogP contribution is -2.28. The molecule has 1 unspecified atom stereocenters. The van der Waals surface area contributed by atoms with Gasteiger partial charge in [-0.1, -0.05) is 13.8 Å². The van der Waals surface area contributed by atoms with Gasteiger partial charge in [-0.05, 0) is 17.9 Å². The van der Waals surface area contributed by atoms with E-state index >= 15 is 0 Å². The molecule has 7 heteroatoms. The number of hydrogen-bond donors (Lipinski definition) is 2. The van der Waals surface area contributed by atoms with E-state index in [2.05, 4.69) is 4.72 Å². The SMILES string of the molecule is COc1cc(S(=O)(=O)NC2CC2(C)C)cc(CN)c1OC. The van der Waals surface area contributed by atoms with Crippen LogP contribution in [0.25, 0.3) is 0 Å². The van der Waals surface area contributed by atoms with E-state index in [1.807, 2.05) is 13.8 Å². The molecule has 21 heavy (non-hydrogen) atoms. The van der Waals surface area contributed by atoms with Crippen molar-refractivity contribution in [3.05, 3.63) is 17.7 Å². The second kappa shape index (κ2) is 5.47. The standard InChI is InChI=1S/C14H22N2O4S/c1-14(2)7-12(14)16-21(17,18)10-5-9(8-15)13(20-4)11(6-10)19-3/h5-6,12,16H,7-8,15H2,1-4H3. The van der Waals surface area contributed by atoms with Crippen LogP contribution in [0.4, 0.5) is 0 Å². The number of sulfonamides is 1. The average Bonchev–Trinajstić information content (AvgIpc) is 3.02. The summed E-state index contributed by atoms with van der Waals surface area (Å²) in [5.74, 6) is 0.821. The molecule has 1 fully saturated rings. The Bertz CT molecular complexity index is 615. The van der Waals surface area contributed by atoms with E-state index in [1.54, 1.807) is 0 Å². The number of nitrogens with two attached hydrogens (primary N) is 1. The van der Waals surface area contributed by atoms with E-state index in [1.165, 1.54) is 26.4 Å². The van der Waals surface area contributed by atoms with Gasteiger partial charge in [0.1, 0.15) is 0 Å². The van der Waals surface area contributed by atoms with Gasteiger partial charge >= 0.3 is 0 Å². The fourth-order valence-electron chi connectivity index (χ4n) is 2.25. The molecule has 0 spiro atoms. The highest BCUT2D eigenvalue weighted by Gasteiger charge is 2.48. The summed E-state index contributed by atoms with van der Waals surface area (Å²) in [7, 11) is -0.639. The first kappa shape index (κ1) is 16.1. The second-order valence-electron chi connectivity index (χ2n) is 5.89. The molecule has 3 N–H and O–H groups in total. The molecule has 0 aromatic heterocycles. The monoisotopic (exact) mass is 314 g/mol. The molecule has 0 bridgehead atoms. The minimum Gasteiger partial charge on any atom is -0.493 e. The van der Waals surface area contributed by atoms with Gasteiger partial charge in [-0.2, -0.15) is 0 Å². The van der Waals surface area contributed by atoms with Crippen molar-refractivity contribution in [1.82, 2.24) is 4.72 Å². The van der Waals surface area contributed by atoms with Crippen molar-refractivity contribution in [1.29, 1.82) is 0 Å². The predicted octanol–water partition coefficient (Wildman–Crippen LogP) is 1.24. The van der Waals surface area contributed by atoms with Crippen molar-refractivity contribution in [2.24, 2.45) is 11.1 Å². The van der Waals surface area contributed by atoms with Crippen LogP contribution in [0.1, 0.15) is 25.8 Å². The topological polar surface area (TPSA) is 90.7 Å². The van der Waals surface area contributed by atoms with Crippen LogP contribution in [0.15, 0.2) is 17.0 Å². The van der Waals surface area contributed by atoms with Gasteiger partial charge in [-0.15, -0.1) is 0 Å². The van der Waals surface area contributed by atoms with E-state index in [9.17, 15) is 8.42 Å². The minimum absolute atomic E-state index is 0.0142. The van der Waals surface area contributed by atoms with Gasteiger partial charge < -0.3 is 15.2 Å². The zero-order valence-electron chi connectivity index (χ0n) is 12.8.